The number of carbonyl (C=O) groups excluding carboxylic acids is 2. The van der Waals surface area contributed by atoms with Crippen LogP contribution in [0.15, 0.2) is 76.6 Å². The van der Waals surface area contributed by atoms with Crippen LogP contribution in [0.4, 0.5) is 9.52 Å². The molecule has 0 aliphatic carbocycles. The number of aliphatic hydroxyl groups is 1. The standard InChI is InChI=1S/C23H15FN2O5S/c1-30-14-8-9-15-17(11-14)32-23(25-15)26-19(12-4-6-13(24)7-5-12)18(21(28)22(26)29)20(27)16-3-2-10-31-16/h2-11,19,28H,1H3/t19-/m1/s1. The maximum absolute atomic E-state index is 13.6. The molecule has 0 unspecified atom stereocenters. The molecular formula is C23H15FN2O5S. The van der Waals surface area contributed by atoms with Crippen LogP contribution in [-0.4, -0.2) is 28.9 Å². The van der Waals surface area contributed by atoms with Gasteiger partial charge in [-0.25, -0.2) is 9.37 Å². The van der Waals surface area contributed by atoms with E-state index in [0.717, 1.165) is 4.70 Å². The average molecular weight is 450 g/mol. The fraction of sp³-hybridized carbons (Fsp3) is 0.0870. The number of ether oxygens (including phenoxy) is 1. The summed E-state index contributed by atoms with van der Waals surface area (Å²) in [6, 6.07) is 12.6. The van der Waals surface area contributed by atoms with Crippen LogP contribution in [0.5, 0.6) is 5.75 Å². The number of rotatable bonds is 5. The topological polar surface area (TPSA) is 92.9 Å². The highest BCUT2D eigenvalue weighted by Crippen LogP contribution is 2.44. The van der Waals surface area contributed by atoms with Gasteiger partial charge in [0.05, 0.1) is 35.2 Å². The number of hydrogen-bond donors (Lipinski definition) is 1. The zero-order valence-electron chi connectivity index (χ0n) is 16.6. The minimum absolute atomic E-state index is 0.0256. The summed E-state index contributed by atoms with van der Waals surface area (Å²) in [7, 11) is 1.55. The normalized spacial score (nSPS) is 16.2. The lowest BCUT2D eigenvalue weighted by atomic mass is 9.95. The number of hydrogen-bond acceptors (Lipinski definition) is 7. The van der Waals surface area contributed by atoms with Crippen molar-refractivity contribution in [2.75, 3.05) is 12.0 Å². The number of aromatic nitrogens is 1. The predicted molar refractivity (Wildman–Crippen MR) is 115 cm³/mol. The largest absolute Gasteiger partial charge is 0.503 e. The average Bonchev–Trinajstić information content (AvgIpc) is 3.52. The molecule has 3 heterocycles. The van der Waals surface area contributed by atoms with Crippen LogP contribution < -0.4 is 9.64 Å². The molecule has 7 nitrogen and oxygen atoms in total. The Morgan fingerprint density at radius 2 is 2.00 bits per heavy atom. The van der Waals surface area contributed by atoms with Gasteiger partial charge in [-0.3, -0.25) is 14.5 Å². The van der Waals surface area contributed by atoms with Crippen molar-refractivity contribution < 1.29 is 28.2 Å². The third-order valence-corrected chi connectivity index (χ3v) is 6.19. The van der Waals surface area contributed by atoms with Crippen LogP contribution in [-0.2, 0) is 4.79 Å². The molecule has 0 fully saturated rings. The number of carbonyl (C=O) groups is 2. The van der Waals surface area contributed by atoms with Crippen LogP contribution in [0.25, 0.3) is 10.2 Å². The summed E-state index contributed by atoms with van der Waals surface area (Å²) < 4.78 is 24.8. The van der Waals surface area contributed by atoms with Gasteiger partial charge in [-0.05, 0) is 48.0 Å². The molecule has 1 aliphatic heterocycles. The molecule has 32 heavy (non-hydrogen) atoms. The smallest absolute Gasteiger partial charge is 0.296 e. The Hall–Kier alpha value is -3.98. The van der Waals surface area contributed by atoms with Crippen LogP contribution >= 0.6 is 11.3 Å². The lowest BCUT2D eigenvalue weighted by Crippen LogP contribution is -2.30. The van der Waals surface area contributed by atoms with Gasteiger partial charge in [0.1, 0.15) is 11.6 Å². The van der Waals surface area contributed by atoms with Crippen LogP contribution in [0.1, 0.15) is 22.2 Å². The molecule has 0 radical (unpaired) electrons. The van der Waals surface area contributed by atoms with E-state index in [2.05, 4.69) is 4.98 Å². The highest BCUT2D eigenvalue weighted by molar-refractivity contribution is 7.22. The van der Waals surface area contributed by atoms with Crippen molar-refractivity contribution in [3.63, 3.8) is 0 Å². The molecule has 0 bridgehead atoms. The number of amides is 1. The number of halogens is 1. The van der Waals surface area contributed by atoms with Crippen LogP contribution in [0.2, 0.25) is 0 Å². The summed E-state index contributed by atoms with van der Waals surface area (Å²) in [6.45, 7) is 0. The second kappa shape index (κ2) is 7.61. The number of benzene rings is 2. The number of thiazole rings is 1. The molecule has 1 amide bonds. The molecular weight excluding hydrogens is 435 g/mol. The maximum Gasteiger partial charge on any atom is 0.296 e. The van der Waals surface area contributed by atoms with E-state index in [0.29, 0.717) is 16.8 Å². The van der Waals surface area contributed by atoms with Crippen molar-refractivity contribution in [3.8, 4) is 5.75 Å². The number of aliphatic hydroxyl groups excluding tert-OH is 1. The van der Waals surface area contributed by atoms with Crippen molar-refractivity contribution >= 4 is 38.4 Å². The number of Topliss-reactive ketones (excluding diaryl/α,β-unsaturated/α-hetero) is 1. The quantitative estimate of drug-likeness (QED) is 0.438. The van der Waals surface area contributed by atoms with E-state index in [1.807, 2.05) is 0 Å². The number of methoxy groups -OCH3 is 1. The van der Waals surface area contributed by atoms with Gasteiger partial charge in [0, 0.05) is 0 Å². The lowest BCUT2D eigenvalue weighted by molar-refractivity contribution is -0.117. The van der Waals surface area contributed by atoms with E-state index in [1.54, 1.807) is 25.3 Å². The van der Waals surface area contributed by atoms with Gasteiger partial charge in [0.15, 0.2) is 16.7 Å². The Labute approximate surface area is 185 Å². The Bertz CT molecular complexity index is 1380. The first-order valence-electron chi connectivity index (χ1n) is 9.53. The molecule has 4 aromatic rings. The van der Waals surface area contributed by atoms with Gasteiger partial charge >= 0.3 is 0 Å². The second-order valence-electron chi connectivity index (χ2n) is 7.03. The van der Waals surface area contributed by atoms with Gasteiger partial charge in [-0.15, -0.1) is 0 Å². The summed E-state index contributed by atoms with van der Waals surface area (Å²) in [4.78, 5) is 32.1. The highest BCUT2D eigenvalue weighted by atomic mass is 32.1. The SMILES string of the molecule is COc1ccc2nc(N3C(=O)C(O)=C(C(=O)c4ccco4)[C@H]3c3ccc(F)cc3)sc2c1. The first-order valence-corrected chi connectivity index (χ1v) is 10.3. The van der Waals surface area contributed by atoms with E-state index in [1.165, 1.54) is 58.9 Å². The van der Waals surface area contributed by atoms with Crippen molar-refractivity contribution in [1.82, 2.24) is 4.98 Å². The molecule has 0 saturated heterocycles. The van der Waals surface area contributed by atoms with Crippen molar-refractivity contribution in [2.45, 2.75) is 6.04 Å². The summed E-state index contributed by atoms with van der Waals surface area (Å²) in [5.74, 6) is -1.98. The third kappa shape index (κ3) is 3.14. The molecule has 9 heteroatoms. The van der Waals surface area contributed by atoms with Crippen LogP contribution in [0.3, 0.4) is 0 Å². The van der Waals surface area contributed by atoms with Gasteiger partial charge in [0.2, 0.25) is 5.78 Å². The van der Waals surface area contributed by atoms with E-state index < -0.39 is 29.3 Å². The molecule has 2 aromatic carbocycles. The van der Waals surface area contributed by atoms with Crippen molar-refractivity contribution in [1.29, 1.82) is 0 Å². The van der Waals surface area contributed by atoms with Crippen LogP contribution in [0, 0.1) is 5.82 Å². The molecule has 0 spiro atoms. The Morgan fingerprint density at radius 1 is 1.22 bits per heavy atom. The Morgan fingerprint density at radius 3 is 2.69 bits per heavy atom. The Kier molecular flexibility index (Phi) is 4.75. The summed E-state index contributed by atoms with van der Waals surface area (Å²) >= 11 is 1.21. The molecule has 5 rings (SSSR count). The monoisotopic (exact) mass is 450 g/mol. The molecule has 1 N–H and O–H groups in total. The van der Waals surface area contributed by atoms with Gasteiger partial charge in [-0.2, -0.15) is 0 Å². The zero-order chi connectivity index (χ0) is 22.4. The number of furan rings is 1. The lowest BCUT2D eigenvalue weighted by Gasteiger charge is -2.24. The fourth-order valence-corrected chi connectivity index (χ4v) is 4.68. The molecule has 1 aliphatic rings. The number of nitrogens with zero attached hydrogens (tertiary/aromatic N) is 2. The van der Waals surface area contributed by atoms with Crippen molar-refractivity contribution in [3.05, 3.63) is 89.3 Å². The first-order chi connectivity index (χ1) is 15.5. The highest BCUT2D eigenvalue weighted by Gasteiger charge is 2.46. The second-order valence-corrected chi connectivity index (χ2v) is 8.04. The number of fused-ring (bicyclic) bond motifs is 1. The minimum Gasteiger partial charge on any atom is -0.503 e. The minimum atomic E-state index is -1.01. The molecule has 0 saturated carbocycles. The summed E-state index contributed by atoms with van der Waals surface area (Å²) in [5, 5.41) is 11.0. The van der Waals surface area contributed by atoms with E-state index in [9.17, 15) is 19.1 Å². The summed E-state index contributed by atoms with van der Waals surface area (Å²) in [6.07, 6.45) is 1.33. The van der Waals surface area contributed by atoms with E-state index in [4.69, 9.17) is 9.15 Å². The third-order valence-electron chi connectivity index (χ3n) is 5.17. The van der Waals surface area contributed by atoms with Crippen molar-refractivity contribution in [2.24, 2.45) is 0 Å². The van der Waals surface area contributed by atoms with Gasteiger partial charge in [-0.1, -0.05) is 23.5 Å². The van der Waals surface area contributed by atoms with E-state index >= 15 is 0 Å². The Balaban J connectivity index is 1.67. The fourth-order valence-electron chi connectivity index (χ4n) is 3.66. The molecule has 160 valence electrons. The van der Waals surface area contributed by atoms with Gasteiger partial charge < -0.3 is 14.3 Å². The number of ketones is 1. The maximum atomic E-state index is 13.6. The zero-order valence-corrected chi connectivity index (χ0v) is 17.4. The summed E-state index contributed by atoms with van der Waals surface area (Å²) in [5.41, 5.74) is 0.908. The predicted octanol–water partition coefficient (Wildman–Crippen LogP) is 4.82. The number of anilines is 1. The molecule has 2 aromatic heterocycles. The van der Waals surface area contributed by atoms with E-state index in [-0.39, 0.29) is 16.5 Å². The molecule has 1 atom stereocenters. The first kappa shape index (κ1) is 20.0. The van der Waals surface area contributed by atoms with Gasteiger partial charge in [0.25, 0.3) is 5.91 Å².